The highest BCUT2D eigenvalue weighted by Gasteiger charge is 2.22. The number of carbonyl (C=O) groups excluding carboxylic acids is 1. The molecule has 0 bridgehead atoms. The molecule has 3 aromatic rings. The maximum Gasteiger partial charge on any atom is 0.241 e. The first kappa shape index (κ1) is 18.5. The van der Waals surface area contributed by atoms with Crippen LogP contribution in [0.2, 0.25) is 0 Å². The van der Waals surface area contributed by atoms with E-state index in [0.717, 1.165) is 37.3 Å². The van der Waals surface area contributed by atoms with Crippen LogP contribution in [0.1, 0.15) is 6.92 Å². The van der Waals surface area contributed by atoms with Crippen molar-refractivity contribution in [2.24, 2.45) is 0 Å². The monoisotopic (exact) mass is 373 g/mol. The number of hydrogen-bond donors (Lipinski definition) is 0. The van der Waals surface area contributed by atoms with Crippen molar-refractivity contribution in [1.29, 1.82) is 0 Å². The van der Waals surface area contributed by atoms with Crippen molar-refractivity contribution in [3.63, 3.8) is 0 Å². The van der Waals surface area contributed by atoms with Gasteiger partial charge in [-0.3, -0.25) is 9.69 Å². The fraction of sp³-hybridized carbons (Fsp3) is 0.292. The summed E-state index contributed by atoms with van der Waals surface area (Å²) in [7, 11) is 0. The molecule has 0 saturated carbocycles. The Hall–Kier alpha value is -2.85. The summed E-state index contributed by atoms with van der Waals surface area (Å²) < 4.78 is 0. The van der Waals surface area contributed by atoms with E-state index in [1.54, 1.807) is 0 Å². The molecule has 0 spiro atoms. The lowest BCUT2D eigenvalue weighted by atomic mass is 10.1. The molecule has 1 aliphatic rings. The van der Waals surface area contributed by atoms with E-state index >= 15 is 0 Å². The van der Waals surface area contributed by atoms with Gasteiger partial charge in [-0.25, -0.2) is 0 Å². The van der Waals surface area contributed by atoms with Crippen molar-refractivity contribution in [1.82, 2.24) is 4.90 Å². The molecule has 4 nitrogen and oxygen atoms in total. The van der Waals surface area contributed by atoms with Gasteiger partial charge >= 0.3 is 0 Å². The molecular formula is C24H27N3O. The third-order valence-electron chi connectivity index (χ3n) is 5.53. The summed E-state index contributed by atoms with van der Waals surface area (Å²) >= 11 is 0. The number of fused-ring (bicyclic) bond motifs is 1. The fourth-order valence-electron chi connectivity index (χ4n) is 4.00. The molecule has 1 aliphatic heterocycles. The second-order valence-electron chi connectivity index (χ2n) is 7.24. The molecule has 4 heteroatoms. The van der Waals surface area contributed by atoms with Crippen molar-refractivity contribution in [3.05, 3.63) is 72.8 Å². The molecule has 4 rings (SSSR count). The molecule has 1 amide bonds. The average Bonchev–Trinajstić information content (AvgIpc) is 2.75. The van der Waals surface area contributed by atoms with Crippen LogP contribution < -0.4 is 9.80 Å². The zero-order valence-electron chi connectivity index (χ0n) is 16.4. The van der Waals surface area contributed by atoms with Gasteiger partial charge in [0.15, 0.2) is 0 Å². The summed E-state index contributed by atoms with van der Waals surface area (Å²) in [5, 5.41) is 2.30. The van der Waals surface area contributed by atoms with Gasteiger partial charge < -0.3 is 9.80 Å². The van der Waals surface area contributed by atoms with E-state index in [9.17, 15) is 4.79 Å². The van der Waals surface area contributed by atoms with Gasteiger partial charge in [0.05, 0.1) is 12.2 Å². The van der Waals surface area contributed by atoms with E-state index in [1.165, 1.54) is 11.1 Å². The minimum absolute atomic E-state index is 0.173. The van der Waals surface area contributed by atoms with Crippen LogP contribution in [0.4, 0.5) is 11.4 Å². The first-order valence-electron chi connectivity index (χ1n) is 10.1. The van der Waals surface area contributed by atoms with Crippen LogP contribution in [0.25, 0.3) is 10.8 Å². The topological polar surface area (TPSA) is 26.8 Å². The predicted molar refractivity (Wildman–Crippen MR) is 117 cm³/mol. The quantitative estimate of drug-likeness (QED) is 0.676. The van der Waals surface area contributed by atoms with Crippen LogP contribution in [-0.2, 0) is 4.79 Å². The summed E-state index contributed by atoms with van der Waals surface area (Å²) in [5.74, 6) is 0.173. The van der Waals surface area contributed by atoms with Crippen LogP contribution in [0.15, 0.2) is 72.8 Å². The normalized spacial score (nSPS) is 15.0. The van der Waals surface area contributed by atoms with Crippen molar-refractivity contribution >= 4 is 28.1 Å². The molecule has 1 heterocycles. The standard InChI is InChI=1S/C24H27N3O/c1-2-27(23-14-8-10-20-9-6-7-13-22(20)23)24(28)19-25-15-17-26(18-16-25)21-11-4-3-5-12-21/h3-14H,2,15-19H2,1H3. The minimum atomic E-state index is 0.173. The van der Waals surface area contributed by atoms with Crippen LogP contribution in [0.3, 0.4) is 0 Å². The van der Waals surface area contributed by atoms with Gasteiger partial charge in [-0.15, -0.1) is 0 Å². The van der Waals surface area contributed by atoms with Crippen LogP contribution in [0, 0.1) is 0 Å². The first-order chi connectivity index (χ1) is 13.8. The third kappa shape index (κ3) is 3.87. The molecule has 28 heavy (non-hydrogen) atoms. The van der Waals surface area contributed by atoms with Gasteiger partial charge in [-0.1, -0.05) is 54.6 Å². The Morgan fingerprint density at radius 3 is 2.29 bits per heavy atom. The molecule has 0 unspecified atom stereocenters. The SMILES string of the molecule is CCN(C(=O)CN1CCN(c2ccccc2)CC1)c1cccc2ccccc12. The lowest BCUT2D eigenvalue weighted by Crippen LogP contribution is -2.50. The first-order valence-corrected chi connectivity index (χ1v) is 10.1. The second-order valence-corrected chi connectivity index (χ2v) is 7.24. The molecule has 3 aromatic carbocycles. The number of amides is 1. The fourth-order valence-corrected chi connectivity index (χ4v) is 4.00. The van der Waals surface area contributed by atoms with Crippen LogP contribution in [0.5, 0.6) is 0 Å². The Kier molecular flexibility index (Phi) is 5.58. The summed E-state index contributed by atoms with van der Waals surface area (Å²) in [6.07, 6.45) is 0. The van der Waals surface area contributed by atoms with Gasteiger partial charge in [-0.05, 0) is 30.5 Å². The van der Waals surface area contributed by atoms with Gasteiger partial charge in [0.2, 0.25) is 5.91 Å². The Labute approximate surface area is 167 Å². The lowest BCUT2D eigenvalue weighted by molar-refractivity contribution is -0.119. The number of piperazine rings is 1. The highest BCUT2D eigenvalue weighted by Crippen LogP contribution is 2.27. The van der Waals surface area contributed by atoms with Gasteiger partial charge in [0.25, 0.3) is 0 Å². The number of rotatable bonds is 5. The average molecular weight is 374 g/mol. The molecule has 1 saturated heterocycles. The van der Waals surface area contributed by atoms with E-state index < -0.39 is 0 Å². The van der Waals surface area contributed by atoms with E-state index in [-0.39, 0.29) is 5.91 Å². The summed E-state index contributed by atoms with van der Waals surface area (Å²) in [4.78, 5) is 19.7. The molecule has 1 fully saturated rings. The molecule has 0 radical (unpaired) electrons. The molecule has 0 N–H and O–H groups in total. The Morgan fingerprint density at radius 1 is 0.857 bits per heavy atom. The van der Waals surface area contributed by atoms with Crippen molar-refractivity contribution in [2.45, 2.75) is 6.92 Å². The minimum Gasteiger partial charge on any atom is -0.369 e. The van der Waals surface area contributed by atoms with Crippen LogP contribution >= 0.6 is 0 Å². The van der Waals surface area contributed by atoms with Gasteiger partial charge in [0, 0.05) is 43.8 Å². The van der Waals surface area contributed by atoms with E-state index in [2.05, 4.69) is 58.3 Å². The Balaban J connectivity index is 1.43. The lowest BCUT2D eigenvalue weighted by Gasteiger charge is -2.36. The maximum absolute atomic E-state index is 13.1. The van der Waals surface area contributed by atoms with Gasteiger partial charge in [0.1, 0.15) is 0 Å². The zero-order valence-corrected chi connectivity index (χ0v) is 16.4. The summed E-state index contributed by atoms with van der Waals surface area (Å²) in [6, 6.07) is 25.0. The summed E-state index contributed by atoms with van der Waals surface area (Å²) in [6.45, 7) is 6.93. The molecule has 0 aliphatic carbocycles. The third-order valence-corrected chi connectivity index (χ3v) is 5.53. The van der Waals surface area contributed by atoms with Gasteiger partial charge in [-0.2, -0.15) is 0 Å². The number of nitrogens with zero attached hydrogens (tertiary/aromatic N) is 3. The van der Waals surface area contributed by atoms with Crippen LogP contribution in [-0.4, -0.2) is 50.1 Å². The van der Waals surface area contributed by atoms with E-state index in [1.807, 2.05) is 36.1 Å². The molecule has 144 valence electrons. The van der Waals surface area contributed by atoms with E-state index in [4.69, 9.17) is 0 Å². The predicted octanol–water partition coefficient (Wildman–Crippen LogP) is 4.01. The largest absolute Gasteiger partial charge is 0.369 e. The van der Waals surface area contributed by atoms with Crippen molar-refractivity contribution < 1.29 is 4.79 Å². The Bertz CT molecular complexity index is 927. The van der Waals surface area contributed by atoms with Crippen molar-refractivity contribution in [2.75, 3.05) is 49.1 Å². The molecule has 0 aromatic heterocycles. The number of carbonyl (C=O) groups is 1. The molecule has 0 atom stereocenters. The number of anilines is 2. The highest BCUT2D eigenvalue weighted by atomic mass is 16.2. The smallest absolute Gasteiger partial charge is 0.241 e. The molecular weight excluding hydrogens is 346 g/mol. The maximum atomic E-state index is 13.1. The number of benzene rings is 3. The number of hydrogen-bond acceptors (Lipinski definition) is 3. The Morgan fingerprint density at radius 2 is 1.54 bits per heavy atom. The number of para-hydroxylation sites is 1. The second kappa shape index (κ2) is 8.44. The van der Waals surface area contributed by atoms with E-state index in [0.29, 0.717) is 13.1 Å². The van der Waals surface area contributed by atoms with Crippen molar-refractivity contribution in [3.8, 4) is 0 Å². The highest BCUT2D eigenvalue weighted by molar-refractivity contribution is 6.04. The summed E-state index contributed by atoms with van der Waals surface area (Å²) in [5.41, 5.74) is 2.27. The zero-order chi connectivity index (χ0) is 19.3. The number of likely N-dealkylation sites (N-methyl/N-ethyl adjacent to an activating group) is 1.